The van der Waals surface area contributed by atoms with Gasteiger partial charge in [-0.1, -0.05) is 12.2 Å². The average Bonchev–Trinajstić information content (AvgIpc) is 2.08. The summed E-state index contributed by atoms with van der Waals surface area (Å²) in [5, 5.41) is 0. The Bertz CT molecular complexity index is 244. The van der Waals surface area contributed by atoms with Gasteiger partial charge in [-0.05, 0) is 13.8 Å². The van der Waals surface area contributed by atoms with Crippen molar-refractivity contribution in [2.24, 2.45) is 0 Å². The molecule has 0 heterocycles. The Morgan fingerprint density at radius 1 is 1.20 bits per heavy atom. The van der Waals surface area contributed by atoms with Crippen LogP contribution in [0, 0.1) is 0 Å². The van der Waals surface area contributed by atoms with Gasteiger partial charge in [-0.2, -0.15) is 0 Å². The first-order chi connectivity index (χ1) is 6.81. The molecular formula is C7H12FO6P. The highest BCUT2D eigenvalue weighted by Crippen LogP contribution is 2.34. The second kappa shape index (κ2) is 9.39. The fraction of sp³-hybridized carbons (Fsp3) is 0.286. The number of ether oxygens (including phenoxy) is 2. The van der Waals surface area contributed by atoms with Crippen LogP contribution in [0.25, 0.3) is 0 Å². The van der Waals surface area contributed by atoms with E-state index < -0.39 is 14.1 Å². The monoisotopic (exact) mass is 242 g/mol. The van der Waals surface area contributed by atoms with E-state index in [2.05, 4.69) is 9.47 Å². The molecule has 0 spiro atoms. The van der Waals surface area contributed by atoms with Gasteiger partial charge in [0.25, 0.3) is 0 Å². The van der Waals surface area contributed by atoms with E-state index in [0.29, 0.717) is 0 Å². The minimum atomic E-state index is -5.14. The third kappa shape index (κ3) is 32.3. The lowest BCUT2D eigenvalue weighted by Gasteiger charge is -1.93. The van der Waals surface area contributed by atoms with Gasteiger partial charge in [-0.3, -0.25) is 9.79 Å². The van der Waals surface area contributed by atoms with Crippen LogP contribution in [0.3, 0.4) is 0 Å². The summed E-state index contributed by atoms with van der Waals surface area (Å²) in [5.74, 6) is 0. The van der Waals surface area contributed by atoms with E-state index in [-0.39, 0.29) is 0 Å². The zero-order chi connectivity index (χ0) is 12.3. The highest BCUT2D eigenvalue weighted by molar-refractivity contribution is 7.45. The Morgan fingerprint density at radius 2 is 1.47 bits per heavy atom. The van der Waals surface area contributed by atoms with Crippen molar-refractivity contribution in [3.8, 4) is 0 Å². The maximum absolute atomic E-state index is 10.4. The summed E-state index contributed by atoms with van der Waals surface area (Å²) in [6.07, 6.45) is 4.97. The Balaban J connectivity index is 0. The molecule has 2 N–H and O–H groups in total. The van der Waals surface area contributed by atoms with Gasteiger partial charge in [-0.15, -0.1) is 4.20 Å². The first-order valence-corrected chi connectivity index (χ1v) is 5.16. The number of rotatable bonds is 2. The topological polar surface area (TPSA) is 93.1 Å². The smallest absolute Gasteiger partial charge is 0.403 e. The Labute approximate surface area is 86.3 Å². The van der Waals surface area contributed by atoms with Gasteiger partial charge < -0.3 is 9.47 Å². The summed E-state index contributed by atoms with van der Waals surface area (Å²) < 4.78 is 27.8. The van der Waals surface area contributed by atoms with Gasteiger partial charge in [-0.25, -0.2) is 9.36 Å². The molecule has 0 aromatic carbocycles. The van der Waals surface area contributed by atoms with Gasteiger partial charge in [0.1, 0.15) is 0 Å². The predicted octanol–water partition coefficient (Wildman–Crippen LogP) is 2.26. The number of halogens is 1. The standard InChI is InChI=1S/C7H10O3.FH2O3P/c1-3-5-9-7(8)10-6-4-2;1-5(2,3)4/h3-6H,1-2H3;(H2,2,3,4). The highest BCUT2D eigenvalue weighted by atomic mass is 31.2. The molecule has 0 aromatic rings. The van der Waals surface area contributed by atoms with Crippen LogP contribution in [0.4, 0.5) is 8.99 Å². The number of allylic oxidation sites excluding steroid dienone is 2. The molecule has 0 unspecified atom stereocenters. The summed E-state index contributed by atoms with van der Waals surface area (Å²) in [6.45, 7) is 3.48. The molecule has 0 saturated carbocycles. The van der Waals surface area contributed by atoms with E-state index in [0.717, 1.165) is 0 Å². The molecule has 8 heteroatoms. The van der Waals surface area contributed by atoms with Gasteiger partial charge in [0, 0.05) is 0 Å². The number of carbonyl (C=O) groups is 1. The van der Waals surface area contributed by atoms with E-state index in [1.165, 1.54) is 12.5 Å². The van der Waals surface area contributed by atoms with Crippen molar-refractivity contribution in [2.75, 3.05) is 0 Å². The first-order valence-electron chi connectivity index (χ1n) is 3.66. The summed E-state index contributed by atoms with van der Waals surface area (Å²) in [5.41, 5.74) is 0. The predicted molar refractivity (Wildman–Crippen MR) is 50.3 cm³/mol. The Kier molecular flexibility index (Phi) is 10.2. The van der Waals surface area contributed by atoms with E-state index >= 15 is 0 Å². The summed E-state index contributed by atoms with van der Waals surface area (Å²) in [4.78, 5) is 24.3. The molecule has 0 aliphatic carbocycles. The van der Waals surface area contributed by atoms with Crippen molar-refractivity contribution in [3.63, 3.8) is 0 Å². The molecule has 0 atom stereocenters. The van der Waals surface area contributed by atoms with Crippen LogP contribution in [0.5, 0.6) is 0 Å². The second-order valence-electron chi connectivity index (χ2n) is 1.90. The average molecular weight is 242 g/mol. The SMILES string of the molecule is CC=COC(=O)OC=CC.O=P(O)(O)F. The molecule has 15 heavy (non-hydrogen) atoms. The van der Waals surface area contributed by atoms with E-state index in [1.54, 1.807) is 26.0 Å². The Morgan fingerprint density at radius 3 is 1.67 bits per heavy atom. The van der Waals surface area contributed by atoms with Crippen LogP contribution >= 0.6 is 7.91 Å². The van der Waals surface area contributed by atoms with Gasteiger partial charge >= 0.3 is 14.1 Å². The first kappa shape index (κ1) is 16.3. The minimum absolute atomic E-state index is 0.726. The van der Waals surface area contributed by atoms with Crippen LogP contribution in [0.2, 0.25) is 0 Å². The van der Waals surface area contributed by atoms with Crippen molar-refractivity contribution in [3.05, 3.63) is 24.7 Å². The maximum atomic E-state index is 10.4. The zero-order valence-corrected chi connectivity index (χ0v) is 9.06. The fourth-order valence-electron chi connectivity index (χ4n) is 0.275. The molecule has 0 aliphatic heterocycles. The third-order valence-corrected chi connectivity index (χ3v) is 0.601. The summed E-state index contributed by atoms with van der Waals surface area (Å²) >= 11 is 0. The molecule has 0 saturated heterocycles. The molecule has 0 radical (unpaired) electrons. The molecule has 0 aromatic heterocycles. The molecule has 0 rings (SSSR count). The largest absolute Gasteiger partial charge is 0.518 e. The second-order valence-corrected chi connectivity index (χ2v) is 2.84. The number of hydrogen-bond acceptors (Lipinski definition) is 4. The lowest BCUT2D eigenvalue weighted by molar-refractivity contribution is 0.119. The van der Waals surface area contributed by atoms with Crippen molar-refractivity contribution in [1.82, 2.24) is 0 Å². The molecule has 0 bridgehead atoms. The Hall–Kier alpha value is -1.17. The molecule has 0 aliphatic rings. The number of carbonyl (C=O) groups excluding carboxylic acids is 1. The van der Waals surface area contributed by atoms with Crippen LogP contribution < -0.4 is 0 Å². The van der Waals surface area contributed by atoms with Crippen molar-refractivity contribution in [1.29, 1.82) is 0 Å². The van der Waals surface area contributed by atoms with Crippen LogP contribution in [0.1, 0.15) is 13.8 Å². The van der Waals surface area contributed by atoms with Crippen LogP contribution in [-0.2, 0) is 14.0 Å². The molecule has 88 valence electrons. The molecule has 0 amide bonds. The minimum Gasteiger partial charge on any atom is -0.403 e. The molecular weight excluding hydrogens is 230 g/mol. The van der Waals surface area contributed by atoms with E-state index in [9.17, 15) is 8.99 Å². The van der Waals surface area contributed by atoms with Gasteiger partial charge in [0.05, 0.1) is 12.5 Å². The summed E-state index contributed by atoms with van der Waals surface area (Å²) in [6, 6.07) is 0. The van der Waals surface area contributed by atoms with Gasteiger partial charge in [0.2, 0.25) is 0 Å². The van der Waals surface area contributed by atoms with Crippen LogP contribution in [0.15, 0.2) is 24.7 Å². The quantitative estimate of drug-likeness (QED) is 0.438. The number of hydrogen-bond donors (Lipinski definition) is 2. The van der Waals surface area contributed by atoms with E-state index in [1.807, 2.05) is 0 Å². The van der Waals surface area contributed by atoms with Crippen molar-refractivity contribution in [2.45, 2.75) is 13.8 Å². The van der Waals surface area contributed by atoms with E-state index in [4.69, 9.17) is 14.4 Å². The highest BCUT2D eigenvalue weighted by Gasteiger charge is 2.04. The normalized spacial score (nSPS) is 11.0. The van der Waals surface area contributed by atoms with Crippen molar-refractivity contribution < 1.29 is 32.8 Å². The lowest BCUT2D eigenvalue weighted by atomic mass is 10.7. The summed E-state index contributed by atoms with van der Waals surface area (Å²) in [7, 11) is -5.14. The fourth-order valence-corrected chi connectivity index (χ4v) is 0.275. The maximum Gasteiger partial charge on any atom is 0.518 e. The van der Waals surface area contributed by atoms with Crippen molar-refractivity contribution >= 4 is 14.1 Å². The molecule has 6 nitrogen and oxygen atoms in total. The lowest BCUT2D eigenvalue weighted by Crippen LogP contribution is -1.97. The zero-order valence-electron chi connectivity index (χ0n) is 8.16. The van der Waals surface area contributed by atoms with Gasteiger partial charge in [0.15, 0.2) is 0 Å². The molecule has 0 fully saturated rings. The van der Waals surface area contributed by atoms with Crippen LogP contribution in [-0.4, -0.2) is 15.9 Å². The third-order valence-electron chi connectivity index (χ3n) is 0.601.